The van der Waals surface area contributed by atoms with Crippen LogP contribution >= 0.6 is 0 Å². The summed E-state index contributed by atoms with van der Waals surface area (Å²) in [4.78, 5) is 6.48. The van der Waals surface area contributed by atoms with Crippen LogP contribution in [-0.4, -0.2) is 41.9 Å². The first-order valence-electron chi connectivity index (χ1n) is 10.9. The summed E-state index contributed by atoms with van der Waals surface area (Å²) >= 11 is 0. The molecule has 2 atom stereocenters. The molecule has 0 spiro atoms. The maximum Gasteiger partial charge on any atom is 0.417 e. The van der Waals surface area contributed by atoms with E-state index in [1.807, 2.05) is 32.9 Å². The standard InChI is InChI=1S/C25H32F4N2O/c1-18-6-9-20(16-30-18)22(2,3)31-15-14-24(17-31,23(4,32-5)25(27,28)29)13-12-19-7-10-21(26)11-8-19/h6-11,16H,12-15,17H2,1-5H3. The first-order chi connectivity index (χ1) is 14.8. The van der Waals surface area contributed by atoms with E-state index < -0.39 is 22.7 Å². The molecule has 1 aromatic heterocycles. The SMILES string of the molecule is COC(C)(C(F)(F)F)C1(CCc2ccc(F)cc2)CCN(C(C)(C)c2ccc(C)nc2)C1. The van der Waals surface area contributed by atoms with Gasteiger partial charge in [-0.15, -0.1) is 0 Å². The van der Waals surface area contributed by atoms with Gasteiger partial charge in [0.15, 0.2) is 5.60 Å². The van der Waals surface area contributed by atoms with Crippen molar-refractivity contribution < 1.29 is 22.3 Å². The monoisotopic (exact) mass is 452 g/mol. The molecule has 1 aliphatic rings. The van der Waals surface area contributed by atoms with Crippen LogP contribution in [0.2, 0.25) is 0 Å². The molecule has 2 heterocycles. The predicted octanol–water partition coefficient (Wildman–Crippen LogP) is 6.06. The number of rotatable bonds is 7. The molecule has 7 heteroatoms. The number of hydrogen-bond donors (Lipinski definition) is 0. The number of halogens is 4. The highest BCUT2D eigenvalue weighted by atomic mass is 19.4. The van der Waals surface area contributed by atoms with Crippen molar-refractivity contribution in [2.75, 3.05) is 20.2 Å². The minimum absolute atomic E-state index is 0.235. The van der Waals surface area contributed by atoms with Crippen molar-refractivity contribution in [3.63, 3.8) is 0 Å². The molecule has 0 aliphatic carbocycles. The quantitative estimate of drug-likeness (QED) is 0.478. The average molecular weight is 453 g/mol. The summed E-state index contributed by atoms with van der Waals surface area (Å²) in [5.74, 6) is -0.360. The molecule has 2 unspecified atom stereocenters. The third-order valence-electron chi connectivity index (χ3n) is 7.53. The fourth-order valence-corrected chi connectivity index (χ4v) is 4.86. The van der Waals surface area contributed by atoms with Crippen LogP contribution in [0.5, 0.6) is 0 Å². The minimum atomic E-state index is -4.53. The van der Waals surface area contributed by atoms with Gasteiger partial charge in [0.05, 0.1) is 0 Å². The van der Waals surface area contributed by atoms with Crippen LogP contribution in [0.25, 0.3) is 0 Å². The number of nitrogens with zero attached hydrogens (tertiary/aromatic N) is 2. The van der Waals surface area contributed by atoms with Gasteiger partial charge in [-0.2, -0.15) is 13.2 Å². The van der Waals surface area contributed by atoms with Crippen LogP contribution < -0.4 is 0 Å². The second-order valence-corrected chi connectivity index (χ2v) is 9.56. The number of hydrogen-bond acceptors (Lipinski definition) is 3. The zero-order valence-corrected chi connectivity index (χ0v) is 19.4. The minimum Gasteiger partial charge on any atom is -0.368 e. The molecular weight excluding hydrogens is 420 g/mol. The summed E-state index contributed by atoms with van der Waals surface area (Å²) in [6.45, 7) is 7.86. The van der Waals surface area contributed by atoms with Crippen LogP contribution in [0.3, 0.4) is 0 Å². The summed E-state index contributed by atoms with van der Waals surface area (Å²) in [5, 5.41) is 0. The third kappa shape index (κ3) is 4.42. The zero-order valence-electron chi connectivity index (χ0n) is 19.4. The maximum atomic E-state index is 14.4. The Bertz CT molecular complexity index is 911. The molecule has 3 nitrogen and oxygen atoms in total. The molecule has 2 aromatic rings. The lowest BCUT2D eigenvalue weighted by Crippen LogP contribution is -2.59. The largest absolute Gasteiger partial charge is 0.417 e. The maximum absolute atomic E-state index is 14.4. The molecule has 1 aromatic carbocycles. The lowest BCUT2D eigenvalue weighted by molar-refractivity contribution is -0.304. The van der Waals surface area contributed by atoms with Crippen LogP contribution in [0.15, 0.2) is 42.6 Å². The van der Waals surface area contributed by atoms with Crippen LogP contribution in [0.1, 0.15) is 50.4 Å². The van der Waals surface area contributed by atoms with Gasteiger partial charge in [-0.1, -0.05) is 18.2 Å². The molecule has 0 saturated carbocycles. The topological polar surface area (TPSA) is 25.4 Å². The van der Waals surface area contributed by atoms with Gasteiger partial charge in [0.25, 0.3) is 0 Å². The number of aromatic nitrogens is 1. The Labute approximate surface area is 187 Å². The number of benzene rings is 1. The number of aryl methyl sites for hydroxylation is 2. The molecule has 1 saturated heterocycles. The van der Waals surface area contributed by atoms with E-state index in [1.165, 1.54) is 19.1 Å². The van der Waals surface area contributed by atoms with Crippen LogP contribution in [0, 0.1) is 18.2 Å². The first-order valence-corrected chi connectivity index (χ1v) is 10.9. The lowest BCUT2D eigenvalue weighted by atomic mass is 9.67. The van der Waals surface area contributed by atoms with E-state index in [0.29, 0.717) is 19.4 Å². The average Bonchev–Trinajstić information content (AvgIpc) is 3.19. The van der Waals surface area contributed by atoms with Crippen LogP contribution in [0.4, 0.5) is 17.6 Å². The van der Waals surface area contributed by atoms with Gasteiger partial charge in [0.2, 0.25) is 0 Å². The number of pyridine rings is 1. The van der Waals surface area contributed by atoms with E-state index >= 15 is 0 Å². The van der Waals surface area contributed by atoms with Gasteiger partial charge in [-0.3, -0.25) is 9.88 Å². The van der Waals surface area contributed by atoms with Crippen molar-refractivity contribution in [3.8, 4) is 0 Å². The third-order valence-corrected chi connectivity index (χ3v) is 7.53. The number of ether oxygens (including phenoxy) is 1. The highest BCUT2D eigenvalue weighted by molar-refractivity contribution is 5.23. The van der Waals surface area contributed by atoms with Crippen molar-refractivity contribution in [1.29, 1.82) is 0 Å². The second-order valence-electron chi connectivity index (χ2n) is 9.56. The highest BCUT2D eigenvalue weighted by Crippen LogP contribution is 2.55. The van der Waals surface area contributed by atoms with Crippen molar-refractivity contribution >= 4 is 0 Å². The molecule has 0 bridgehead atoms. The fourth-order valence-electron chi connectivity index (χ4n) is 4.86. The van der Waals surface area contributed by atoms with Crippen molar-refractivity contribution in [3.05, 3.63) is 65.2 Å². The summed E-state index contributed by atoms with van der Waals surface area (Å²) in [6.07, 6.45) is -1.69. The molecule has 0 amide bonds. The van der Waals surface area contributed by atoms with E-state index in [9.17, 15) is 17.6 Å². The lowest BCUT2D eigenvalue weighted by Gasteiger charge is -2.47. The molecule has 32 heavy (non-hydrogen) atoms. The number of alkyl halides is 3. The Morgan fingerprint density at radius 2 is 1.72 bits per heavy atom. The molecule has 3 rings (SSSR count). The van der Waals surface area contributed by atoms with Crippen molar-refractivity contribution in [1.82, 2.24) is 9.88 Å². The normalized spacial score (nSPS) is 22.2. The fraction of sp³-hybridized carbons (Fsp3) is 0.560. The van der Waals surface area contributed by atoms with Gasteiger partial charge in [-0.25, -0.2) is 4.39 Å². The highest BCUT2D eigenvalue weighted by Gasteiger charge is 2.66. The summed E-state index contributed by atoms with van der Waals surface area (Å²) in [5.41, 5.74) is -1.28. The molecule has 0 radical (unpaired) electrons. The summed E-state index contributed by atoms with van der Waals surface area (Å²) < 4.78 is 61.7. The van der Waals surface area contributed by atoms with Gasteiger partial charge in [-0.05, 0) is 82.8 Å². The summed E-state index contributed by atoms with van der Waals surface area (Å²) in [7, 11) is 1.14. The van der Waals surface area contributed by atoms with Crippen molar-refractivity contribution in [2.45, 2.75) is 64.3 Å². The van der Waals surface area contributed by atoms with Gasteiger partial charge in [0.1, 0.15) is 5.82 Å². The van der Waals surface area contributed by atoms with Crippen molar-refractivity contribution in [2.24, 2.45) is 5.41 Å². The Kier molecular flexibility index (Phi) is 6.74. The smallest absolute Gasteiger partial charge is 0.368 e. The van der Waals surface area contributed by atoms with E-state index in [2.05, 4.69) is 9.88 Å². The van der Waals surface area contributed by atoms with E-state index in [1.54, 1.807) is 18.3 Å². The number of methoxy groups -OCH3 is 1. The second kappa shape index (κ2) is 8.75. The van der Waals surface area contributed by atoms with E-state index in [-0.39, 0.29) is 18.8 Å². The van der Waals surface area contributed by atoms with E-state index in [0.717, 1.165) is 23.9 Å². The Morgan fingerprint density at radius 3 is 2.25 bits per heavy atom. The predicted molar refractivity (Wildman–Crippen MR) is 117 cm³/mol. The number of likely N-dealkylation sites (tertiary alicyclic amines) is 1. The van der Waals surface area contributed by atoms with Crippen LogP contribution in [-0.2, 0) is 16.7 Å². The molecule has 1 aliphatic heterocycles. The molecule has 1 fully saturated rings. The Morgan fingerprint density at radius 1 is 1.06 bits per heavy atom. The van der Waals surface area contributed by atoms with Gasteiger partial charge in [0, 0.05) is 36.5 Å². The molecule has 176 valence electrons. The zero-order chi connectivity index (χ0) is 23.8. The summed E-state index contributed by atoms with van der Waals surface area (Å²) in [6, 6.07) is 9.86. The Balaban J connectivity index is 1.94. The first kappa shape index (κ1) is 24.6. The molecular formula is C25H32F4N2O. The molecule has 0 N–H and O–H groups in total. The van der Waals surface area contributed by atoms with Gasteiger partial charge >= 0.3 is 6.18 Å². The van der Waals surface area contributed by atoms with Gasteiger partial charge < -0.3 is 4.74 Å². The van der Waals surface area contributed by atoms with E-state index in [4.69, 9.17) is 4.74 Å². The Hall–Kier alpha value is -1.99.